The summed E-state index contributed by atoms with van der Waals surface area (Å²) in [5.41, 5.74) is 0.561. The van der Waals surface area contributed by atoms with Gasteiger partial charge in [0.15, 0.2) is 0 Å². The monoisotopic (exact) mass is 258 g/mol. The Bertz CT molecular complexity index is 394. The van der Waals surface area contributed by atoms with Crippen molar-refractivity contribution >= 4 is 11.6 Å². The van der Waals surface area contributed by atoms with E-state index in [-0.39, 0.29) is 10.8 Å². The van der Waals surface area contributed by atoms with Crippen LogP contribution in [0.15, 0.2) is 12.1 Å². The Morgan fingerprint density at radius 3 is 2.76 bits per heavy atom. The van der Waals surface area contributed by atoms with Gasteiger partial charge < -0.3 is 15.3 Å². The Labute approximate surface area is 105 Å². The van der Waals surface area contributed by atoms with Crippen molar-refractivity contribution in [2.75, 3.05) is 32.7 Å². The number of phenolic OH excluding ortho intramolecular Hbond substituents is 1. The SMILES string of the molecule is Oc1ccc(CCN2CCNCC2)c(F)c1Cl. The largest absolute Gasteiger partial charge is 0.506 e. The molecule has 1 aliphatic heterocycles. The summed E-state index contributed by atoms with van der Waals surface area (Å²) in [4.78, 5) is 2.29. The molecule has 0 aromatic heterocycles. The van der Waals surface area contributed by atoms with E-state index in [1.807, 2.05) is 0 Å². The first-order chi connectivity index (χ1) is 8.18. The van der Waals surface area contributed by atoms with Crippen LogP contribution in [-0.4, -0.2) is 42.7 Å². The maximum absolute atomic E-state index is 13.7. The van der Waals surface area contributed by atoms with Gasteiger partial charge in [0.1, 0.15) is 16.6 Å². The minimum atomic E-state index is -0.498. The topological polar surface area (TPSA) is 35.5 Å². The first-order valence-corrected chi connectivity index (χ1v) is 6.15. The molecule has 17 heavy (non-hydrogen) atoms. The third-order valence-corrected chi connectivity index (χ3v) is 3.41. The quantitative estimate of drug-likeness (QED) is 0.865. The van der Waals surface area contributed by atoms with Gasteiger partial charge >= 0.3 is 0 Å². The summed E-state index contributed by atoms with van der Waals surface area (Å²) in [5, 5.41) is 12.3. The molecule has 0 spiro atoms. The highest BCUT2D eigenvalue weighted by molar-refractivity contribution is 6.32. The number of hydrogen-bond acceptors (Lipinski definition) is 3. The molecule has 1 saturated heterocycles. The zero-order valence-corrected chi connectivity index (χ0v) is 10.3. The minimum absolute atomic E-state index is 0.178. The number of halogens is 2. The van der Waals surface area contributed by atoms with Crippen molar-refractivity contribution < 1.29 is 9.50 Å². The van der Waals surface area contributed by atoms with Gasteiger partial charge in [0.25, 0.3) is 0 Å². The molecule has 0 radical (unpaired) electrons. The van der Waals surface area contributed by atoms with Gasteiger partial charge in [-0.25, -0.2) is 4.39 Å². The zero-order valence-electron chi connectivity index (χ0n) is 9.55. The molecule has 1 aromatic carbocycles. The summed E-state index contributed by atoms with van der Waals surface area (Å²) in [5.74, 6) is -0.697. The summed E-state index contributed by atoms with van der Waals surface area (Å²) in [6, 6.07) is 3.04. The minimum Gasteiger partial charge on any atom is -0.506 e. The zero-order chi connectivity index (χ0) is 12.3. The Morgan fingerprint density at radius 1 is 1.35 bits per heavy atom. The van der Waals surface area contributed by atoms with Crippen LogP contribution in [0, 0.1) is 5.82 Å². The summed E-state index contributed by atoms with van der Waals surface area (Å²) in [6.45, 7) is 4.78. The van der Waals surface area contributed by atoms with E-state index >= 15 is 0 Å². The molecule has 0 amide bonds. The molecular weight excluding hydrogens is 243 g/mol. The van der Waals surface area contributed by atoms with Crippen molar-refractivity contribution in [2.45, 2.75) is 6.42 Å². The van der Waals surface area contributed by atoms with Gasteiger partial charge in [0.2, 0.25) is 0 Å². The number of phenols is 1. The number of hydrogen-bond donors (Lipinski definition) is 2. The molecule has 5 heteroatoms. The smallest absolute Gasteiger partial charge is 0.148 e. The fourth-order valence-electron chi connectivity index (χ4n) is 1.99. The molecule has 1 heterocycles. The van der Waals surface area contributed by atoms with E-state index in [2.05, 4.69) is 10.2 Å². The lowest BCUT2D eigenvalue weighted by Crippen LogP contribution is -2.44. The number of aromatic hydroxyl groups is 1. The van der Waals surface area contributed by atoms with Gasteiger partial charge in [-0.05, 0) is 18.1 Å². The van der Waals surface area contributed by atoms with E-state index in [1.54, 1.807) is 6.07 Å². The molecule has 0 saturated carbocycles. The van der Waals surface area contributed by atoms with Gasteiger partial charge in [-0.2, -0.15) is 0 Å². The lowest BCUT2D eigenvalue weighted by molar-refractivity contribution is 0.243. The third kappa shape index (κ3) is 3.09. The Morgan fingerprint density at radius 2 is 2.06 bits per heavy atom. The van der Waals surface area contributed by atoms with Crippen molar-refractivity contribution in [1.29, 1.82) is 0 Å². The van der Waals surface area contributed by atoms with Crippen LogP contribution in [0.25, 0.3) is 0 Å². The van der Waals surface area contributed by atoms with Crippen LogP contribution in [0.3, 0.4) is 0 Å². The number of benzene rings is 1. The van der Waals surface area contributed by atoms with Crippen molar-refractivity contribution in [2.24, 2.45) is 0 Å². The van der Waals surface area contributed by atoms with Gasteiger partial charge in [-0.1, -0.05) is 17.7 Å². The van der Waals surface area contributed by atoms with Crippen LogP contribution >= 0.6 is 11.6 Å². The second-order valence-corrected chi connectivity index (χ2v) is 4.59. The van der Waals surface area contributed by atoms with E-state index in [4.69, 9.17) is 11.6 Å². The highest BCUT2D eigenvalue weighted by atomic mass is 35.5. The summed E-state index contributed by atoms with van der Waals surface area (Å²) >= 11 is 5.66. The second-order valence-electron chi connectivity index (χ2n) is 4.21. The average Bonchev–Trinajstić information content (AvgIpc) is 2.36. The number of nitrogens with one attached hydrogen (secondary N) is 1. The number of piperazine rings is 1. The van der Waals surface area contributed by atoms with Crippen molar-refractivity contribution in [3.05, 3.63) is 28.5 Å². The molecule has 2 N–H and O–H groups in total. The van der Waals surface area contributed by atoms with Crippen molar-refractivity contribution in [3.8, 4) is 5.75 Å². The van der Waals surface area contributed by atoms with Crippen LogP contribution in [0.2, 0.25) is 5.02 Å². The Hall–Kier alpha value is -0.840. The summed E-state index contributed by atoms with van der Waals surface area (Å²) in [7, 11) is 0. The summed E-state index contributed by atoms with van der Waals surface area (Å²) in [6.07, 6.45) is 0.617. The standard InChI is InChI=1S/C12H16ClFN2O/c13-11-10(17)2-1-9(12(11)14)3-6-16-7-4-15-5-8-16/h1-2,15,17H,3-8H2. The van der Waals surface area contributed by atoms with Crippen LogP contribution in [0.4, 0.5) is 4.39 Å². The number of rotatable bonds is 3. The molecule has 2 rings (SSSR count). The van der Waals surface area contributed by atoms with E-state index < -0.39 is 5.82 Å². The lowest BCUT2D eigenvalue weighted by atomic mass is 10.1. The molecule has 1 fully saturated rings. The highest BCUT2D eigenvalue weighted by Gasteiger charge is 2.13. The maximum atomic E-state index is 13.7. The first kappa shape index (κ1) is 12.6. The highest BCUT2D eigenvalue weighted by Crippen LogP contribution is 2.28. The molecule has 1 aromatic rings. The molecule has 0 unspecified atom stereocenters. The normalized spacial score (nSPS) is 17.3. The third-order valence-electron chi connectivity index (χ3n) is 3.05. The van der Waals surface area contributed by atoms with Gasteiger partial charge in [0.05, 0.1) is 0 Å². The van der Waals surface area contributed by atoms with Gasteiger partial charge in [-0.15, -0.1) is 0 Å². The second kappa shape index (κ2) is 5.67. The van der Waals surface area contributed by atoms with E-state index in [9.17, 15) is 9.50 Å². The van der Waals surface area contributed by atoms with Crippen molar-refractivity contribution in [1.82, 2.24) is 10.2 Å². The van der Waals surface area contributed by atoms with Crippen LogP contribution in [-0.2, 0) is 6.42 Å². The number of nitrogens with zero attached hydrogens (tertiary/aromatic N) is 1. The van der Waals surface area contributed by atoms with E-state index in [0.29, 0.717) is 12.0 Å². The Balaban J connectivity index is 1.96. The molecule has 3 nitrogen and oxygen atoms in total. The van der Waals surface area contributed by atoms with E-state index in [0.717, 1.165) is 32.7 Å². The maximum Gasteiger partial charge on any atom is 0.148 e. The van der Waals surface area contributed by atoms with Gasteiger partial charge in [-0.3, -0.25) is 0 Å². The van der Waals surface area contributed by atoms with Crippen LogP contribution < -0.4 is 5.32 Å². The summed E-state index contributed by atoms with van der Waals surface area (Å²) < 4.78 is 13.7. The van der Waals surface area contributed by atoms with Crippen LogP contribution in [0.5, 0.6) is 5.75 Å². The first-order valence-electron chi connectivity index (χ1n) is 5.77. The lowest BCUT2D eigenvalue weighted by Gasteiger charge is -2.27. The fourth-order valence-corrected chi connectivity index (χ4v) is 2.17. The predicted octanol–water partition coefficient (Wildman–Crippen LogP) is 1.63. The van der Waals surface area contributed by atoms with Crippen molar-refractivity contribution in [3.63, 3.8) is 0 Å². The Kier molecular flexibility index (Phi) is 4.20. The van der Waals surface area contributed by atoms with E-state index in [1.165, 1.54) is 6.07 Å². The molecule has 1 aliphatic rings. The molecular formula is C12H16ClFN2O. The fraction of sp³-hybridized carbons (Fsp3) is 0.500. The predicted molar refractivity (Wildman–Crippen MR) is 66.1 cm³/mol. The molecule has 0 bridgehead atoms. The van der Waals surface area contributed by atoms with Gasteiger partial charge in [0, 0.05) is 32.7 Å². The molecule has 94 valence electrons. The average molecular weight is 259 g/mol. The molecule has 0 aliphatic carbocycles. The molecule has 0 atom stereocenters. The van der Waals surface area contributed by atoms with Crippen LogP contribution in [0.1, 0.15) is 5.56 Å².